The lowest BCUT2D eigenvalue weighted by molar-refractivity contribution is -0.384. The Morgan fingerprint density at radius 1 is 0.667 bits per heavy atom. The third-order valence-electron chi connectivity index (χ3n) is 9.85. The maximum Gasteiger partial charge on any atom is 0.424 e. The summed E-state index contributed by atoms with van der Waals surface area (Å²) < 4.78 is 72.7. The standard InChI is InChI=1S/C25H29F2N3O6.C15H13F2N3O2.C4H8O/c1-24(2,3)35-22(31)29(23(32)36-25(4,5)6)21-19(30(33)34)10-9-18(20(21)27)28-12-11-15-13-17(26)8-7-16(15)14-28;16-11-2-1-10-8-19(6-5-9(10)7-11)12-3-4-13(20(21)22)15(18)14(12)17;1-2-4-5-3-1/h7-10,13H,11-12,14H2,1-6H3;1-4,7H,5-6,8,18H2;1-4H2. The molecule has 0 spiro atoms. The van der Waals surface area contributed by atoms with Gasteiger partial charge in [0, 0.05) is 51.5 Å². The summed E-state index contributed by atoms with van der Waals surface area (Å²) in [6.45, 7) is 12.6. The van der Waals surface area contributed by atoms with Crippen molar-refractivity contribution in [3.8, 4) is 0 Å². The van der Waals surface area contributed by atoms with Crippen molar-refractivity contribution in [1.82, 2.24) is 0 Å². The van der Waals surface area contributed by atoms with E-state index in [1.165, 1.54) is 96.8 Å². The Morgan fingerprint density at radius 3 is 1.49 bits per heavy atom. The normalized spacial score (nSPS) is 14.5. The van der Waals surface area contributed by atoms with Crippen molar-refractivity contribution < 1.29 is 51.2 Å². The van der Waals surface area contributed by atoms with Crippen LogP contribution in [0.4, 0.5) is 61.3 Å². The molecule has 0 aromatic heterocycles. The van der Waals surface area contributed by atoms with Crippen LogP contribution >= 0.6 is 0 Å². The number of ether oxygens (including phenoxy) is 3. The van der Waals surface area contributed by atoms with Gasteiger partial charge in [-0.3, -0.25) is 20.2 Å². The number of carbonyl (C=O) groups is 2. The van der Waals surface area contributed by atoms with Crippen LogP contribution in [0, 0.1) is 43.5 Å². The number of nitrogens with zero attached hydrogens (tertiary/aromatic N) is 5. The van der Waals surface area contributed by atoms with Gasteiger partial charge in [0.2, 0.25) is 0 Å². The topological polar surface area (TPSA) is 184 Å². The highest BCUT2D eigenvalue weighted by molar-refractivity contribution is 6.11. The number of imide groups is 1. The van der Waals surface area contributed by atoms with Crippen LogP contribution in [0.1, 0.15) is 76.6 Å². The van der Waals surface area contributed by atoms with Crippen LogP contribution in [0.3, 0.4) is 0 Å². The van der Waals surface area contributed by atoms with Gasteiger partial charge >= 0.3 is 12.2 Å². The molecule has 0 bridgehead atoms. The van der Waals surface area contributed by atoms with E-state index in [-0.39, 0.29) is 41.0 Å². The highest BCUT2D eigenvalue weighted by Crippen LogP contribution is 2.40. The predicted octanol–water partition coefficient (Wildman–Crippen LogP) is 9.93. The van der Waals surface area contributed by atoms with E-state index in [1.54, 1.807) is 21.9 Å². The molecule has 2 N–H and O–H groups in total. The lowest BCUT2D eigenvalue weighted by atomic mass is 9.99. The molecule has 15 nitrogen and oxygen atoms in total. The quantitative estimate of drug-likeness (QED) is 0.0868. The molecule has 0 saturated carbocycles. The van der Waals surface area contributed by atoms with E-state index in [2.05, 4.69) is 0 Å². The van der Waals surface area contributed by atoms with E-state index < -0.39 is 67.6 Å². The summed E-state index contributed by atoms with van der Waals surface area (Å²) >= 11 is 0. The van der Waals surface area contributed by atoms with Crippen LogP contribution in [0.25, 0.3) is 0 Å². The summed E-state index contributed by atoms with van der Waals surface area (Å²) in [7, 11) is 0. The Kier molecular flexibility index (Phi) is 14.9. The Bertz CT molecular complexity index is 2330. The number of nitro benzene ring substituents is 2. The first-order valence-corrected chi connectivity index (χ1v) is 20.1. The van der Waals surface area contributed by atoms with E-state index in [9.17, 15) is 43.0 Å². The fraction of sp³-hybridized carbons (Fsp3) is 0.409. The fourth-order valence-electron chi connectivity index (χ4n) is 6.96. The molecule has 1 saturated heterocycles. The van der Waals surface area contributed by atoms with Gasteiger partial charge in [-0.1, -0.05) is 12.1 Å². The predicted molar refractivity (Wildman–Crippen MR) is 228 cm³/mol. The molecule has 63 heavy (non-hydrogen) atoms. The van der Waals surface area contributed by atoms with Gasteiger partial charge in [-0.05, 0) is 126 Å². The van der Waals surface area contributed by atoms with Crippen LogP contribution in [-0.2, 0) is 40.1 Å². The summed E-state index contributed by atoms with van der Waals surface area (Å²) in [5, 5.41) is 22.6. The minimum atomic E-state index is -1.32. The van der Waals surface area contributed by atoms with Crippen LogP contribution in [0.2, 0.25) is 0 Å². The number of benzene rings is 4. The largest absolute Gasteiger partial charge is 0.443 e. The van der Waals surface area contributed by atoms with E-state index >= 15 is 4.39 Å². The molecular formula is C44H50F4N6O9. The van der Waals surface area contributed by atoms with Crippen LogP contribution < -0.4 is 20.4 Å². The molecule has 0 atom stereocenters. The molecule has 2 amide bonds. The molecule has 7 rings (SSSR count). The summed E-state index contributed by atoms with van der Waals surface area (Å²) in [5.41, 5.74) is 4.22. The number of carbonyl (C=O) groups excluding carboxylic acids is 2. The van der Waals surface area contributed by atoms with Crippen LogP contribution in [-0.4, -0.2) is 59.5 Å². The summed E-state index contributed by atoms with van der Waals surface area (Å²) in [6.07, 6.45) is 0.884. The Hall–Kier alpha value is -6.50. The molecule has 338 valence electrons. The summed E-state index contributed by atoms with van der Waals surface area (Å²) in [6, 6.07) is 13.6. The average molecular weight is 883 g/mol. The number of halogens is 4. The summed E-state index contributed by atoms with van der Waals surface area (Å²) in [5.74, 6) is -2.62. The highest BCUT2D eigenvalue weighted by Gasteiger charge is 2.40. The number of nitro groups is 2. The molecule has 4 aromatic carbocycles. The highest BCUT2D eigenvalue weighted by atomic mass is 19.1. The van der Waals surface area contributed by atoms with Crippen molar-refractivity contribution >= 4 is 46.3 Å². The molecule has 0 aliphatic carbocycles. The molecule has 0 unspecified atom stereocenters. The lowest BCUT2D eigenvalue weighted by Crippen LogP contribution is -2.44. The molecule has 19 heteroatoms. The molecular weight excluding hydrogens is 833 g/mol. The van der Waals surface area contributed by atoms with E-state index in [1.807, 2.05) is 0 Å². The van der Waals surface area contributed by atoms with Gasteiger partial charge in [0.25, 0.3) is 11.4 Å². The first kappa shape index (κ1) is 47.5. The van der Waals surface area contributed by atoms with Gasteiger partial charge in [-0.15, -0.1) is 0 Å². The Labute approximate surface area is 361 Å². The summed E-state index contributed by atoms with van der Waals surface area (Å²) in [4.78, 5) is 50.7. The fourth-order valence-corrected chi connectivity index (χ4v) is 6.96. The van der Waals surface area contributed by atoms with Gasteiger partial charge < -0.3 is 29.7 Å². The number of nitrogens with two attached hydrogens (primary N) is 1. The first-order chi connectivity index (χ1) is 29.5. The molecule has 3 aliphatic rings. The van der Waals surface area contributed by atoms with Crippen molar-refractivity contribution in [1.29, 1.82) is 0 Å². The first-order valence-electron chi connectivity index (χ1n) is 20.1. The molecule has 3 heterocycles. The van der Waals surface area contributed by atoms with Gasteiger partial charge in [-0.2, -0.15) is 4.90 Å². The number of anilines is 4. The number of amides is 2. The van der Waals surface area contributed by atoms with Gasteiger partial charge in [-0.25, -0.2) is 27.2 Å². The van der Waals surface area contributed by atoms with Gasteiger partial charge in [0.1, 0.15) is 28.5 Å². The Morgan fingerprint density at radius 2 is 1.10 bits per heavy atom. The van der Waals surface area contributed by atoms with Crippen molar-refractivity contribution in [3.05, 3.63) is 126 Å². The zero-order chi connectivity index (χ0) is 46.4. The maximum atomic E-state index is 16.1. The molecule has 1 fully saturated rings. The lowest BCUT2D eigenvalue weighted by Gasteiger charge is -2.32. The number of hydrogen-bond donors (Lipinski definition) is 1. The maximum absolute atomic E-state index is 16.1. The van der Waals surface area contributed by atoms with Gasteiger partial charge in [0.05, 0.1) is 21.2 Å². The average Bonchev–Trinajstić information content (AvgIpc) is 3.79. The third-order valence-corrected chi connectivity index (χ3v) is 9.85. The number of fused-ring (bicyclic) bond motifs is 2. The van der Waals surface area contributed by atoms with E-state index in [0.717, 1.165) is 41.5 Å². The number of hydrogen-bond acceptors (Lipinski definition) is 12. The van der Waals surface area contributed by atoms with E-state index in [4.69, 9.17) is 19.9 Å². The van der Waals surface area contributed by atoms with Crippen LogP contribution in [0.15, 0.2) is 60.7 Å². The minimum absolute atomic E-state index is 0.0670. The van der Waals surface area contributed by atoms with Crippen molar-refractivity contribution in [2.75, 3.05) is 46.7 Å². The minimum Gasteiger partial charge on any atom is -0.443 e. The molecule has 0 radical (unpaired) electrons. The third kappa shape index (κ3) is 12.1. The number of nitrogen functional groups attached to an aromatic ring is 1. The van der Waals surface area contributed by atoms with Crippen molar-refractivity contribution in [3.63, 3.8) is 0 Å². The van der Waals surface area contributed by atoms with E-state index in [0.29, 0.717) is 25.9 Å². The smallest absolute Gasteiger partial charge is 0.424 e. The SMILES string of the molecule is C1CCOC1.CC(C)(C)OC(=O)N(C(=O)OC(C)(C)C)c1c([N+](=O)[O-])ccc(N2CCc3cc(F)ccc3C2)c1F.Nc1c([N+](=O)[O-])ccc(N2CCc3cc(F)ccc3C2)c1F. The Balaban J connectivity index is 0.000000232. The molecule has 4 aromatic rings. The number of rotatable bonds is 5. The van der Waals surface area contributed by atoms with Crippen LogP contribution in [0.5, 0.6) is 0 Å². The second-order valence-corrected chi connectivity index (χ2v) is 16.9. The zero-order valence-electron chi connectivity index (χ0n) is 35.8. The van der Waals surface area contributed by atoms with Crippen molar-refractivity contribution in [2.24, 2.45) is 0 Å². The zero-order valence-corrected chi connectivity index (χ0v) is 35.8. The monoisotopic (exact) mass is 882 g/mol. The molecule has 3 aliphatic heterocycles. The van der Waals surface area contributed by atoms with Gasteiger partial charge in [0.15, 0.2) is 17.3 Å². The van der Waals surface area contributed by atoms with Crippen molar-refractivity contribution in [2.45, 2.75) is 91.5 Å². The second kappa shape index (κ2) is 19.7. The second-order valence-electron chi connectivity index (χ2n) is 16.9.